The number of nitro groups is 1. The number of benzene rings is 2. The molecule has 2 aromatic carbocycles. The Hall–Kier alpha value is -3.00. The molecule has 0 fully saturated rings. The molecule has 1 heterocycles. The minimum absolute atomic E-state index is 0.0332. The highest BCUT2D eigenvalue weighted by atomic mass is 35.5. The molecule has 8 nitrogen and oxygen atoms in total. The molecule has 3 rings (SSSR count). The van der Waals surface area contributed by atoms with E-state index in [-0.39, 0.29) is 12.2 Å². The van der Waals surface area contributed by atoms with Crippen LogP contribution in [0.4, 0.5) is 5.69 Å². The highest BCUT2D eigenvalue weighted by Gasteiger charge is 2.14. The lowest BCUT2D eigenvalue weighted by Gasteiger charge is -2.03. The number of hydrogen-bond acceptors (Lipinski definition) is 5. The van der Waals surface area contributed by atoms with E-state index in [1.165, 1.54) is 10.7 Å². The monoisotopic (exact) mass is 345 g/mol. The van der Waals surface area contributed by atoms with Crippen LogP contribution in [0.5, 0.6) is 0 Å². The number of nitrogens with zero attached hydrogens (tertiary/aromatic N) is 5. The number of tetrazole rings is 1. The quantitative estimate of drug-likeness (QED) is 0.534. The molecule has 1 aromatic heterocycles. The average molecular weight is 346 g/mol. The van der Waals surface area contributed by atoms with Crippen LogP contribution in [0.3, 0.4) is 0 Å². The molecule has 0 bridgehead atoms. The van der Waals surface area contributed by atoms with Crippen LogP contribution in [-0.4, -0.2) is 24.7 Å². The van der Waals surface area contributed by atoms with Gasteiger partial charge in [0.25, 0.3) is 5.69 Å². The van der Waals surface area contributed by atoms with Crippen molar-refractivity contribution in [2.24, 2.45) is 0 Å². The molecule has 0 aliphatic carbocycles. The largest absolute Gasteiger partial charge is 0.368 e. The molecule has 0 saturated carbocycles. The van der Waals surface area contributed by atoms with Gasteiger partial charge in [-0.2, -0.15) is 9.36 Å². The van der Waals surface area contributed by atoms with Gasteiger partial charge in [0, 0.05) is 11.6 Å². The van der Waals surface area contributed by atoms with E-state index in [0.29, 0.717) is 21.8 Å². The predicted octanol–water partition coefficient (Wildman–Crippen LogP) is 2.35. The second-order valence-corrected chi connectivity index (χ2v) is 5.57. The smallest absolute Gasteiger partial charge is 0.258 e. The second kappa shape index (κ2) is 6.25. The van der Waals surface area contributed by atoms with Gasteiger partial charge >= 0.3 is 5.69 Å². The van der Waals surface area contributed by atoms with Crippen LogP contribution in [0, 0.1) is 17.0 Å². The number of aromatic nitrogens is 4. The first-order valence-corrected chi connectivity index (χ1v) is 7.37. The van der Waals surface area contributed by atoms with Crippen LogP contribution in [0.2, 0.25) is 5.02 Å². The SMILES string of the molecule is Cc1cc(Cn2nnn(-c3ccccc3Cl)c2=O)ccc1[N+](=O)[O-]. The van der Waals surface area contributed by atoms with Gasteiger partial charge in [-0.25, -0.2) is 4.79 Å². The minimum Gasteiger partial charge on any atom is -0.258 e. The summed E-state index contributed by atoms with van der Waals surface area (Å²) in [5, 5.41) is 18.9. The predicted molar refractivity (Wildman–Crippen MR) is 87.6 cm³/mol. The third-order valence-corrected chi connectivity index (χ3v) is 3.83. The topological polar surface area (TPSA) is 95.8 Å². The lowest BCUT2D eigenvalue weighted by atomic mass is 10.1. The summed E-state index contributed by atoms with van der Waals surface area (Å²) in [4.78, 5) is 22.8. The molecule has 0 aliphatic heterocycles. The van der Waals surface area contributed by atoms with Gasteiger partial charge in [0.2, 0.25) is 0 Å². The summed E-state index contributed by atoms with van der Waals surface area (Å²) in [6.45, 7) is 1.80. The zero-order valence-corrected chi connectivity index (χ0v) is 13.3. The van der Waals surface area contributed by atoms with Crippen molar-refractivity contribution in [1.29, 1.82) is 0 Å². The van der Waals surface area contributed by atoms with E-state index >= 15 is 0 Å². The van der Waals surface area contributed by atoms with Gasteiger partial charge in [0.15, 0.2) is 0 Å². The van der Waals surface area contributed by atoms with Gasteiger partial charge in [-0.15, -0.1) is 0 Å². The first kappa shape index (κ1) is 15.9. The van der Waals surface area contributed by atoms with E-state index in [1.807, 2.05) is 0 Å². The van der Waals surface area contributed by atoms with E-state index in [9.17, 15) is 14.9 Å². The fourth-order valence-corrected chi connectivity index (χ4v) is 2.56. The Morgan fingerprint density at radius 3 is 2.62 bits per heavy atom. The van der Waals surface area contributed by atoms with Gasteiger partial charge in [0.05, 0.1) is 22.2 Å². The van der Waals surface area contributed by atoms with E-state index in [1.54, 1.807) is 43.3 Å². The first-order chi connectivity index (χ1) is 11.5. The summed E-state index contributed by atoms with van der Waals surface area (Å²) in [5.74, 6) is 0. The van der Waals surface area contributed by atoms with Crippen molar-refractivity contribution in [3.63, 3.8) is 0 Å². The summed E-state index contributed by atoms with van der Waals surface area (Å²) < 4.78 is 2.28. The number of para-hydroxylation sites is 1. The third kappa shape index (κ3) is 2.91. The van der Waals surface area contributed by atoms with Crippen LogP contribution in [-0.2, 0) is 6.54 Å². The zero-order valence-electron chi connectivity index (χ0n) is 12.6. The standard InChI is InChI=1S/C15H12ClN5O3/c1-10-8-11(6-7-13(10)21(23)24)9-19-15(22)20(18-17-19)14-5-3-2-4-12(14)16/h2-8H,9H2,1H3. The number of aryl methyl sites for hydroxylation is 1. The van der Waals surface area contributed by atoms with Gasteiger partial charge in [-0.3, -0.25) is 10.1 Å². The van der Waals surface area contributed by atoms with Crippen molar-refractivity contribution in [3.05, 3.63) is 79.2 Å². The highest BCUT2D eigenvalue weighted by molar-refractivity contribution is 6.32. The Balaban J connectivity index is 1.93. The van der Waals surface area contributed by atoms with Gasteiger partial charge in [-0.1, -0.05) is 29.8 Å². The number of nitro benzene ring substituents is 1. The van der Waals surface area contributed by atoms with Gasteiger partial charge in [-0.05, 0) is 41.1 Å². The van der Waals surface area contributed by atoms with Crippen molar-refractivity contribution in [1.82, 2.24) is 19.8 Å². The molecule has 9 heteroatoms. The van der Waals surface area contributed by atoms with Crippen molar-refractivity contribution >= 4 is 17.3 Å². The summed E-state index contributed by atoms with van der Waals surface area (Å²) in [6, 6.07) is 11.5. The van der Waals surface area contributed by atoms with Gasteiger partial charge < -0.3 is 0 Å². The fraction of sp³-hybridized carbons (Fsp3) is 0.133. The second-order valence-electron chi connectivity index (χ2n) is 5.16. The molecule has 0 N–H and O–H groups in total. The van der Waals surface area contributed by atoms with Crippen molar-refractivity contribution in [3.8, 4) is 5.69 Å². The Morgan fingerprint density at radius 1 is 1.21 bits per heavy atom. The molecule has 0 aliphatic rings. The highest BCUT2D eigenvalue weighted by Crippen LogP contribution is 2.19. The summed E-state index contributed by atoms with van der Waals surface area (Å²) in [6.07, 6.45) is 0. The number of hydrogen-bond donors (Lipinski definition) is 0. The lowest BCUT2D eigenvalue weighted by Crippen LogP contribution is -2.25. The molecule has 24 heavy (non-hydrogen) atoms. The molecular weight excluding hydrogens is 334 g/mol. The van der Waals surface area contributed by atoms with Crippen molar-refractivity contribution in [2.75, 3.05) is 0 Å². The van der Waals surface area contributed by atoms with Crippen LogP contribution in [0.15, 0.2) is 47.3 Å². The van der Waals surface area contributed by atoms with Crippen molar-refractivity contribution < 1.29 is 4.92 Å². The van der Waals surface area contributed by atoms with Crippen LogP contribution in [0.1, 0.15) is 11.1 Å². The first-order valence-electron chi connectivity index (χ1n) is 6.99. The van der Waals surface area contributed by atoms with Gasteiger partial charge in [0.1, 0.15) is 0 Å². The maximum atomic E-state index is 12.4. The minimum atomic E-state index is -0.445. The van der Waals surface area contributed by atoms with Crippen LogP contribution in [0.25, 0.3) is 5.69 Å². The van der Waals surface area contributed by atoms with E-state index in [0.717, 1.165) is 4.68 Å². The van der Waals surface area contributed by atoms with Crippen LogP contribution < -0.4 is 5.69 Å². The van der Waals surface area contributed by atoms with E-state index in [4.69, 9.17) is 11.6 Å². The number of rotatable bonds is 4. The fourth-order valence-electron chi connectivity index (χ4n) is 2.34. The molecule has 0 saturated heterocycles. The summed E-state index contributed by atoms with van der Waals surface area (Å²) in [7, 11) is 0. The molecule has 0 atom stereocenters. The Morgan fingerprint density at radius 2 is 1.96 bits per heavy atom. The van der Waals surface area contributed by atoms with Crippen molar-refractivity contribution in [2.45, 2.75) is 13.5 Å². The average Bonchev–Trinajstić information content (AvgIpc) is 2.88. The van der Waals surface area contributed by atoms with E-state index < -0.39 is 10.6 Å². The van der Waals surface area contributed by atoms with Crippen LogP contribution >= 0.6 is 11.6 Å². The molecule has 0 spiro atoms. The Labute approximate surface area is 141 Å². The molecule has 0 radical (unpaired) electrons. The molecule has 122 valence electrons. The maximum absolute atomic E-state index is 12.4. The summed E-state index contributed by atoms with van der Waals surface area (Å²) in [5.41, 5.74) is 1.26. The Bertz CT molecular complexity index is 979. The Kier molecular flexibility index (Phi) is 4.13. The molecule has 0 unspecified atom stereocenters. The molecule has 3 aromatic rings. The normalized spacial score (nSPS) is 10.8. The molecular formula is C15H12ClN5O3. The number of halogens is 1. The molecule has 0 amide bonds. The van der Waals surface area contributed by atoms with E-state index in [2.05, 4.69) is 10.4 Å². The zero-order chi connectivity index (χ0) is 17.3. The third-order valence-electron chi connectivity index (χ3n) is 3.51. The summed E-state index contributed by atoms with van der Waals surface area (Å²) >= 11 is 6.07. The maximum Gasteiger partial charge on any atom is 0.368 e. The lowest BCUT2D eigenvalue weighted by molar-refractivity contribution is -0.385.